The van der Waals surface area contributed by atoms with Crippen LogP contribution in [0.2, 0.25) is 5.02 Å². The molecule has 0 aliphatic rings. The van der Waals surface area contributed by atoms with Crippen molar-refractivity contribution in [2.24, 2.45) is 5.92 Å². The van der Waals surface area contributed by atoms with Crippen LogP contribution in [0, 0.1) is 5.92 Å². The van der Waals surface area contributed by atoms with Gasteiger partial charge in [0.05, 0.1) is 6.54 Å². The summed E-state index contributed by atoms with van der Waals surface area (Å²) in [5.41, 5.74) is 1.52. The molecule has 2 heterocycles. The van der Waals surface area contributed by atoms with Gasteiger partial charge in [0.25, 0.3) is 0 Å². The van der Waals surface area contributed by atoms with E-state index in [0.29, 0.717) is 40.1 Å². The van der Waals surface area contributed by atoms with Crippen LogP contribution in [0.15, 0.2) is 34.2 Å². The lowest BCUT2D eigenvalue weighted by molar-refractivity contribution is -0.119. The zero-order chi connectivity index (χ0) is 21.0. The lowest BCUT2D eigenvalue weighted by Crippen LogP contribution is -2.21. The van der Waals surface area contributed by atoms with Gasteiger partial charge in [-0.3, -0.25) is 9.36 Å². The van der Waals surface area contributed by atoms with E-state index in [1.54, 1.807) is 16.7 Å². The van der Waals surface area contributed by atoms with Gasteiger partial charge >= 0.3 is 5.69 Å². The van der Waals surface area contributed by atoms with Crippen molar-refractivity contribution < 1.29 is 4.79 Å². The van der Waals surface area contributed by atoms with E-state index in [0.717, 1.165) is 17.7 Å². The van der Waals surface area contributed by atoms with Gasteiger partial charge in [0.15, 0.2) is 16.6 Å². The number of aromatic nitrogens is 4. The molecule has 0 aliphatic carbocycles. The van der Waals surface area contributed by atoms with Crippen LogP contribution in [0.5, 0.6) is 0 Å². The Kier molecular flexibility index (Phi) is 6.97. The quantitative estimate of drug-likeness (QED) is 0.408. The Labute approximate surface area is 178 Å². The molecule has 9 heteroatoms. The summed E-state index contributed by atoms with van der Waals surface area (Å²) < 4.78 is 1.55. The van der Waals surface area contributed by atoms with Crippen LogP contribution in [0.1, 0.15) is 39.2 Å². The van der Waals surface area contributed by atoms with Gasteiger partial charge in [0.2, 0.25) is 5.91 Å². The van der Waals surface area contributed by atoms with Crippen molar-refractivity contribution >= 4 is 46.3 Å². The Morgan fingerprint density at radius 2 is 2.00 bits per heavy atom. The second-order valence-corrected chi connectivity index (χ2v) is 8.34. The SMILES string of the molecule is CCCSc1nc(NC(=O)C(C)CC)c2[nH]c(=O)n(Cc3ccc(Cl)cc3)c2n1. The van der Waals surface area contributed by atoms with E-state index in [9.17, 15) is 9.59 Å². The number of imidazole rings is 1. The summed E-state index contributed by atoms with van der Waals surface area (Å²) in [6.07, 6.45) is 1.68. The van der Waals surface area contributed by atoms with E-state index in [1.807, 2.05) is 26.0 Å². The molecule has 154 valence electrons. The van der Waals surface area contributed by atoms with Gasteiger partial charge in [0, 0.05) is 16.7 Å². The number of nitrogens with one attached hydrogen (secondary N) is 2. The second-order valence-electron chi connectivity index (χ2n) is 6.84. The van der Waals surface area contributed by atoms with Gasteiger partial charge in [-0.1, -0.05) is 56.3 Å². The highest BCUT2D eigenvalue weighted by Crippen LogP contribution is 2.24. The number of thioether (sulfide) groups is 1. The van der Waals surface area contributed by atoms with E-state index in [-0.39, 0.29) is 17.5 Å². The summed E-state index contributed by atoms with van der Waals surface area (Å²) in [5.74, 6) is 0.890. The minimum atomic E-state index is -0.305. The molecule has 3 aromatic rings. The highest BCUT2D eigenvalue weighted by Gasteiger charge is 2.19. The molecule has 29 heavy (non-hydrogen) atoms. The lowest BCUT2D eigenvalue weighted by atomic mass is 10.1. The lowest BCUT2D eigenvalue weighted by Gasteiger charge is -2.11. The number of aromatic amines is 1. The van der Waals surface area contributed by atoms with Crippen LogP contribution in [0.25, 0.3) is 11.2 Å². The fourth-order valence-electron chi connectivity index (χ4n) is 2.70. The summed E-state index contributed by atoms with van der Waals surface area (Å²) in [6.45, 7) is 6.22. The average molecular weight is 434 g/mol. The fraction of sp³-hybridized carbons (Fsp3) is 0.400. The van der Waals surface area contributed by atoms with Crippen molar-refractivity contribution in [3.05, 3.63) is 45.3 Å². The monoisotopic (exact) mass is 433 g/mol. The van der Waals surface area contributed by atoms with E-state index in [2.05, 4.69) is 27.2 Å². The molecule has 0 spiro atoms. The molecule has 1 amide bonds. The van der Waals surface area contributed by atoms with Crippen LogP contribution in [-0.4, -0.2) is 31.2 Å². The van der Waals surface area contributed by atoms with Crippen molar-refractivity contribution in [3.8, 4) is 0 Å². The molecule has 0 saturated heterocycles. The Hall–Kier alpha value is -2.32. The van der Waals surface area contributed by atoms with Crippen molar-refractivity contribution in [2.45, 2.75) is 45.3 Å². The van der Waals surface area contributed by atoms with Gasteiger partial charge in [-0.25, -0.2) is 14.8 Å². The van der Waals surface area contributed by atoms with Crippen molar-refractivity contribution in [3.63, 3.8) is 0 Å². The van der Waals surface area contributed by atoms with E-state index < -0.39 is 0 Å². The van der Waals surface area contributed by atoms with Crippen LogP contribution in [-0.2, 0) is 11.3 Å². The van der Waals surface area contributed by atoms with Gasteiger partial charge in [0.1, 0.15) is 5.52 Å². The zero-order valence-corrected chi connectivity index (χ0v) is 18.2. The van der Waals surface area contributed by atoms with Crippen molar-refractivity contribution in [1.82, 2.24) is 19.5 Å². The van der Waals surface area contributed by atoms with Crippen LogP contribution in [0.4, 0.5) is 5.82 Å². The molecule has 2 aromatic heterocycles. The molecule has 1 atom stereocenters. The Balaban J connectivity index is 2.06. The number of rotatable bonds is 8. The van der Waals surface area contributed by atoms with Crippen LogP contribution < -0.4 is 11.0 Å². The first kappa shape index (κ1) is 21.4. The van der Waals surface area contributed by atoms with E-state index >= 15 is 0 Å². The largest absolute Gasteiger partial charge is 0.328 e. The molecule has 0 aliphatic heterocycles. The average Bonchev–Trinajstić information content (AvgIpc) is 3.03. The Morgan fingerprint density at radius 1 is 1.28 bits per heavy atom. The molecule has 7 nitrogen and oxygen atoms in total. The zero-order valence-electron chi connectivity index (χ0n) is 16.7. The van der Waals surface area contributed by atoms with Crippen LogP contribution in [0.3, 0.4) is 0 Å². The number of carbonyl (C=O) groups is 1. The topological polar surface area (TPSA) is 92.7 Å². The van der Waals surface area contributed by atoms with Gasteiger partial charge in [-0.05, 0) is 30.5 Å². The third-order valence-electron chi connectivity index (χ3n) is 4.59. The normalized spacial score (nSPS) is 12.3. The number of nitrogens with zero attached hydrogens (tertiary/aromatic N) is 3. The number of hydrogen-bond donors (Lipinski definition) is 2. The highest BCUT2D eigenvalue weighted by molar-refractivity contribution is 7.99. The Bertz CT molecular complexity index is 1060. The number of amides is 1. The maximum Gasteiger partial charge on any atom is 0.328 e. The van der Waals surface area contributed by atoms with Gasteiger partial charge < -0.3 is 10.3 Å². The molecule has 0 bridgehead atoms. The number of carbonyl (C=O) groups excluding carboxylic acids is 1. The van der Waals surface area contributed by atoms with E-state index in [4.69, 9.17) is 11.6 Å². The summed E-state index contributed by atoms with van der Waals surface area (Å²) in [6, 6.07) is 7.30. The number of fused-ring (bicyclic) bond motifs is 1. The molecule has 2 N–H and O–H groups in total. The summed E-state index contributed by atoms with van der Waals surface area (Å²) in [4.78, 5) is 37.0. The standard InChI is InChI=1S/C20H24ClN5O2S/c1-4-10-29-19-24-16(23-18(27)12(3)5-2)15-17(25-19)26(20(28)22-15)11-13-6-8-14(21)9-7-13/h6-9,12H,4-5,10-11H2,1-3H3,(H,22,28)(H,23,24,25,27). The number of anilines is 1. The minimum Gasteiger partial charge on any atom is -0.309 e. The third-order valence-corrected chi connectivity index (χ3v) is 5.90. The summed E-state index contributed by atoms with van der Waals surface area (Å²) >= 11 is 7.45. The summed E-state index contributed by atoms with van der Waals surface area (Å²) in [7, 11) is 0. The molecule has 3 rings (SSSR count). The predicted molar refractivity (Wildman–Crippen MR) is 118 cm³/mol. The molecular weight excluding hydrogens is 410 g/mol. The molecular formula is C20H24ClN5O2S. The maximum atomic E-state index is 12.7. The molecule has 1 unspecified atom stereocenters. The predicted octanol–water partition coefficient (Wildman–Crippen LogP) is 4.31. The molecule has 0 fully saturated rings. The number of H-pyrrole nitrogens is 1. The first-order valence-electron chi connectivity index (χ1n) is 9.61. The summed E-state index contributed by atoms with van der Waals surface area (Å²) in [5, 5.41) is 4.03. The second kappa shape index (κ2) is 9.45. The first-order chi connectivity index (χ1) is 13.9. The van der Waals surface area contributed by atoms with E-state index in [1.165, 1.54) is 11.8 Å². The molecule has 0 radical (unpaired) electrons. The smallest absolute Gasteiger partial charge is 0.309 e. The Morgan fingerprint density at radius 3 is 2.66 bits per heavy atom. The molecule has 0 saturated carbocycles. The van der Waals surface area contributed by atoms with Gasteiger partial charge in [-0.15, -0.1) is 0 Å². The number of hydrogen-bond acceptors (Lipinski definition) is 5. The number of halogens is 1. The van der Waals surface area contributed by atoms with Gasteiger partial charge in [-0.2, -0.15) is 0 Å². The maximum absolute atomic E-state index is 12.7. The van der Waals surface area contributed by atoms with Crippen molar-refractivity contribution in [2.75, 3.05) is 11.1 Å². The third kappa shape index (κ3) is 5.00. The van der Waals surface area contributed by atoms with Crippen LogP contribution >= 0.6 is 23.4 Å². The first-order valence-corrected chi connectivity index (χ1v) is 11.0. The fourth-order valence-corrected chi connectivity index (χ4v) is 3.52. The van der Waals surface area contributed by atoms with Crippen molar-refractivity contribution in [1.29, 1.82) is 0 Å². The highest BCUT2D eigenvalue weighted by atomic mass is 35.5. The minimum absolute atomic E-state index is 0.134. The molecule has 1 aromatic carbocycles. The number of benzene rings is 1.